The van der Waals surface area contributed by atoms with Crippen LogP contribution in [-0.4, -0.2) is 14.7 Å². The first-order chi connectivity index (χ1) is 7.49. The molecule has 0 atom stereocenters. The molecule has 0 aliphatic heterocycles. The third-order valence-corrected chi connectivity index (χ3v) is 5.24. The molecule has 0 unspecified atom stereocenters. The van der Waals surface area contributed by atoms with Gasteiger partial charge in [-0.2, -0.15) is 5.26 Å². The van der Waals surface area contributed by atoms with Crippen LogP contribution < -0.4 is 0 Å². The summed E-state index contributed by atoms with van der Waals surface area (Å²) in [7, 11) is -3.03. The molecule has 0 saturated heterocycles. The highest BCUT2D eigenvalue weighted by Crippen LogP contribution is 2.52. The van der Waals surface area contributed by atoms with Crippen LogP contribution in [0.2, 0.25) is 0 Å². The summed E-state index contributed by atoms with van der Waals surface area (Å²) in [6.07, 6.45) is 3.09. The zero-order valence-electron chi connectivity index (χ0n) is 9.10. The SMILES string of the molecule is CS(=O)(=O)C1(c2ccc(CC#N)cc2)CC1. The first-order valence-corrected chi connectivity index (χ1v) is 7.05. The Balaban J connectivity index is 2.34. The summed E-state index contributed by atoms with van der Waals surface area (Å²) < 4.78 is 22.7. The quantitative estimate of drug-likeness (QED) is 0.802. The third kappa shape index (κ3) is 1.72. The van der Waals surface area contributed by atoms with Crippen molar-refractivity contribution >= 4 is 9.84 Å². The molecule has 16 heavy (non-hydrogen) atoms. The van der Waals surface area contributed by atoms with E-state index in [1.807, 2.05) is 24.3 Å². The van der Waals surface area contributed by atoms with Crippen LogP contribution in [0, 0.1) is 11.3 Å². The van der Waals surface area contributed by atoms with Crippen molar-refractivity contribution in [2.45, 2.75) is 24.0 Å². The minimum absolute atomic E-state index is 0.367. The second-order valence-corrected chi connectivity index (χ2v) is 6.62. The molecule has 1 fully saturated rings. The van der Waals surface area contributed by atoms with E-state index in [4.69, 9.17) is 5.26 Å². The van der Waals surface area contributed by atoms with E-state index in [9.17, 15) is 8.42 Å². The molecule has 1 aromatic rings. The van der Waals surface area contributed by atoms with Gasteiger partial charge >= 0.3 is 0 Å². The Hall–Kier alpha value is -1.34. The summed E-state index contributed by atoms with van der Waals surface area (Å²) in [5.74, 6) is 0. The standard InChI is InChI=1S/C12H13NO2S/c1-16(14,15)12(7-8-12)11-4-2-10(3-5-11)6-9-13/h2-5H,6-8H2,1H3. The Morgan fingerprint density at radius 2 is 1.88 bits per heavy atom. The molecule has 3 nitrogen and oxygen atoms in total. The van der Waals surface area contributed by atoms with Crippen LogP contribution in [0.3, 0.4) is 0 Å². The predicted octanol–water partition coefficient (Wildman–Crippen LogP) is 1.79. The second-order valence-electron chi connectivity index (χ2n) is 4.30. The first kappa shape index (κ1) is 11.2. The fourth-order valence-corrected chi connectivity index (χ4v) is 3.41. The number of sulfone groups is 1. The Morgan fingerprint density at radius 1 is 1.31 bits per heavy atom. The Morgan fingerprint density at radius 3 is 2.25 bits per heavy atom. The average Bonchev–Trinajstić information content (AvgIpc) is 2.99. The van der Waals surface area contributed by atoms with Crippen molar-refractivity contribution in [3.63, 3.8) is 0 Å². The van der Waals surface area contributed by atoms with E-state index in [1.54, 1.807) is 0 Å². The molecule has 1 saturated carbocycles. The minimum atomic E-state index is -3.03. The van der Waals surface area contributed by atoms with Crippen molar-refractivity contribution < 1.29 is 8.42 Å². The summed E-state index contributed by atoms with van der Waals surface area (Å²) in [6, 6.07) is 9.41. The first-order valence-electron chi connectivity index (χ1n) is 5.15. The maximum Gasteiger partial charge on any atom is 0.157 e. The minimum Gasteiger partial charge on any atom is -0.228 e. The molecule has 0 heterocycles. The molecule has 0 bridgehead atoms. The van der Waals surface area contributed by atoms with Gasteiger partial charge in [0, 0.05) is 6.26 Å². The van der Waals surface area contributed by atoms with Crippen LogP contribution >= 0.6 is 0 Å². The van der Waals surface area contributed by atoms with E-state index in [0.717, 1.165) is 11.1 Å². The number of nitrogens with zero attached hydrogens (tertiary/aromatic N) is 1. The van der Waals surface area contributed by atoms with Gasteiger partial charge in [-0.25, -0.2) is 8.42 Å². The van der Waals surface area contributed by atoms with Crippen LogP contribution in [0.25, 0.3) is 0 Å². The number of rotatable bonds is 3. The molecule has 1 aliphatic carbocycles. The normalized spacial score (nSPS) is 17.8. The van der Waals surface area contributed by atoms with Gasteiger partial charge in [-0.15, -0.1) is 0 Å². The summed E-state index contributed by atoms with van der Waals surface area (Å²) >= 11 is 0. The maximum absolute atomic E-state index is 11.7. The highest BCUT2D eigenvalue weighted by molar-refractivity contribution is 7.92. The van der Waals surface area contributed by atoms with E-state index in [-0.39, 0.29) is 0 Å². The van der Waals surface area contributed by atoms with E-state index < -0.39 is 14.6 Å². The number of hydrogen-bond donors (Lipinski definition) is 0. The fourth-order valence-electron chi connectivity index (χ4n) is 2.00. The largest absolute Gasteiger partial charge is 0.228 e. The van der Waals surface area contributed by atoms with Gasteiger partial charge in [0.2, 0.25) is 0 Å². The molecule has 4 heteroatoms. The lowest BCUT2D eigenvalue weighted by Gasteiger charge is -2.13. The lowest BCUT2D eigenvalue weighted by molar-refractivity contribution is 0.586. The highest BCUT2D eigenvalue weighted by Gasteiger charge is 2.53. The van der Waals surface area contributed by atoms with Crippen LogP contribution in [-0.2, 0) is 21.0 Å². The number of nitriles is 1. The molecule has 1 aliphatic rings. The van der Waals surface area contributed by atoms with Gasteiger partial charge in [0.15, 0.2) is 9.84 Å². The Bertz CT molecular complexity index is 533. The third-order valence-electron chi connectivity index (χ3n) is 3.18. The number of hydrogen-bond acceptors (Lipinski definition) is 3. The smallest absolute Gasteiger partial charge is 0.157 e. The molecule has 0 amide bonds. The van der Waals surface area contributed by atoms with Gasteiger partial charge in [-0.05, 0) is 24.0 Å². The maximum atomic E-state index is 11.7. The van der Waals surface area contributed by atoms with Crippen molar-refractivity contribution in [1.82, 2.24) is 0 Å². The molecule has 0 spiro atoms. The van der Waals surface area contributed by atoms with Gasteiger partial charge in [0.25, 0.3) is 0 Å². The van der Waals surface area contributed by atoms with E-state index in [0.29, 0.717) is 19.3 Å². The summed E-state index contributed by atoms with van der Waals surface area (Å²) in [4.78, 5) is 0. The second kappa shape index (κ2) is 3.60. The van der Waals surface area contributed by atoms with Crippen molar-refractivity contribution in [2.75, 3.05) is 6.26 Å². The van der Waals surface area contributed by atoms with Gasteiger partial charge in [0.05, 0.1) is 17.2 Å². The van der Waals surface area contributed by atoms with E-state index in [2.05, 4.69) is 6.07 Å². The average molecular weight is 235 g/mol. The topological polar surface area (TPSA) is 57.9 Å². The van der Waals surface area contributed by atoms with Crippen molar-refractivity contribution in [2.24, 2.45) is 0 Å². The van der Waals surface area contributed by atoms with E-state index in [1.165, 1.54) is 6.26 Å². The lowest BCUT2D eigenvalue weighted by atomic mass is 10.1. The fraction of sp³-hybridized carbons (Fsp3) is 0.417. The summed E-state index contributed by atoms with van der Waals surface area (Å²) in [5, 5.41) is 8.54. The lowest BCUT2D eigenvalue weighted by Crippen LogP contribution is -2.19. The van der Waals surface area contributed by atoms with Crippen LogP contribution in [0.1, 0.15) is 24.0 Å². The number of benzene rings is 1. The predicted molar refractivity (Wildman–Crippen MR) is 61.5 cm³/mol. The Labute approximate surface area is 95.6 Å². The highest BCUT2D eigenvalue weighted by atomic mass is 32.2. The van der Waals surface area contributed by atoms with Gasteiger partial charge in [-0.3, -0.25) is 0 Å². The van der Waals surface area contributed by atoms with Crippen LogP contribution in [0.5, 0.6) is 0 Å². The molecule has 0 N–H and O–H groups in total. The molecular weight excluding hydrogens is 222 g/mol. The molecule has 0 radical (unpaired) electrons. The van der Waals surface area contributed by atoms with Crippen molar-refractivity contribution in [3.8, 4) is 6.07 Å². The van der Waals surface area contributed by atoms with Crippen LogP contribution in [0.15, 0.2) is 24.3 Å². The van der Waals surface area contributed by atoms with Crippen molar-refractivity contribution in [3.05, 3.63) is 35.4 Å². The molecule has 2 rings (SSSR count). The molecule has 1 aromatic carbocycles. The van der Waals surface area contributed by atoms with E-state index >= 15 is 0 Å². The summed E-state index contributed by atoms with van der Waals surface area (Å²) in [6.45, 7) is 0. The zero-order valence-corrected chi connectivity index (χ0v) is 9.92. The van der Waals surface area contributed by atoms with Crippen LogP contribution in [0.4, 0.5) is 0 Å². The van der Waals surface area contributed by atoms with Gasteiger partial charge in [0.1, 0.15) is 0 Å². The molecule has 0 aromatic heterocycles. The zero-order chi connectivity index (χ0) is 11.8. The van der Waals surface area contributed by atoms with Gasteiger partial charge < -0.3 is 0 Å². The summed E-state index contributed by atoms with van der Waals surface area (Å²) in [5.41, 5.74) is 1.78. The van der Waals surface area contributed by atoms with Crippen molar-refractivity contribution in [1.29, 1.82) is 5.26 Å². The molecule has 84 valence electrons. The van der Waals surface area contributed by atoms with Gasteiger partial charge in [-0.1, -0.05) is 24.3 Å². The Kier molecular flexibility index (Phi) is 2.51. The molecular formula is C12H13NO2S. The monoisotopic (exact) mass is 235 g/mol.